The zero-order chi connectivity index (χ0) is 14.7. The molecule has 0 saturated carbocycles. The quantitative estimate of drug-likeness (QED) is 0.906. The van der Waals surface area contributed by atoms with Crippen molar-refractivity contribution in [2.75, 3.05) is 0 Å². The second kappa shape index (κ2) is 7.49. The number of hydrogen-bond donors (Lipinski definition) is 2. The predicted molar refractivity (Wildman–Crippen MR) is 84.3 cm³/mol. The Morgan fingerprint density at radius 1 is 1.52 bits per heavy atom. The Balaban J connectivity index is 0.00000220. The van der Waals surface area contributed by atoms with Crippen LogP contribution in [-0.4, -0.2) is 10.9 Å². The maximum Gasteiger partial charge on any atom is 0.271 e. The van der Waals surface area contributed by atoms with E-state index in [0.717, 1.165) is 5.56 Å². The molecular formula is C14H17ClFN3OS. The van der Waals surface area contributed by atoms with E-state index in [1.54, 1.807) is 31.4 Å². The number of carbonyl (C=O) groups excluding carboxylic acids is 1. The van der Waals surface area contributed by atoms with Crippen molar-refractivity contribution >= 4 is 29.7 Å². The third-order valence-corrected chi connectivity index (χ3v) is 3.87. The van der Waals surface area contributed by atoms with Crippen LogP contribution in [0.5, 0.6) is 0 Å². The van der Waals surface area contributed by atoms with Crippen molar-refractivity contribution in [2.24, 2.45) is 5.73 Å². The number of thiazole rings is 1. The number of hydrogen-bond acceptors (Lipinski definition) is 4. The van der Waals surface area contributed by atoms with E-state index in [-0.39, 0.29) is 30.2 Å². The van der Waals surface area contributed by atoms with Gasteiger partial charge in [-0.15, -0.1) is 23.7 Å². The SMILES string of the molecule is Cc1ccc(C(C)NC(=O)c2csc(CN)n2)cc1F.Cl. The normalized spacial score (nSPS) is 11.6. The van der Waals surface area contributed by atoms with Gasteiger partial charge in [-0.25, -0.2) is 9.37 Å². The fourth-order valence-electron chi connectivity index (χ4n) is 1.74. The molecule has 114 valence electrons. The predicted octanol–water partition coefficient (Wildman–Crippen LogP) is 2.96. The van der Waals surface area contributed by atoms with E-state index in [4.69, 9.17) is 5.73 Å². The Hall–Kier alpha value is -1.50. The van der Waals surface area contributed by atoms with Gasteiger partial charge in [0.15, 0.2) is 0 Å². The van der Waals surface area contributed by atoms with E-state index in [0.29, 0.717) is 22.8 Å². The van der Waals surface area contributed by atoms with Crippen LogP contribution in [0.15, 0.2) is 23.6 Å². The van der Waals surface area contributed by atoms with Crippen molar-refractivity contribution in [2.45, 2.75) is 26.4 Å². The summed E-state index contributed by atoms with van der Waals surface area (Å²) in [5, 5.41) is 5.17. The van der Waals surface area contributed by atoms with E-state index in [9.17, 15) is 9.18 Å². The van der Waals surface area contributed by atoms with Gasteiger partial charge in [-0.3, -0.25) is 4.79 Å². The number of nitrogens with one attached hydrogen (secondary N) is 1. The summed E-state index contributed by atoms with van der Waals surface area (Å²) in [6.07, 6.45) is 0. The van der Waals surface area contributed by atoms with E-state index < -0.39 is 0 Å². The molecule has 0 aliphatic carbocycles. The third-order valence-electron chi connectivity index (χ3n) is 3.00. The number of rotatable bonds is 4. The van der Waals surface area contributed by atoms with Gasteiger partial charge in [-0.1, -0.05) is 12.1 Å². The third kappa shape index (κ3) is 4.23. The molecule has 21 heavy (non-hydrogen) atoms. The number of nitrogens with two attached hydrogens (primary N) is 1. The highest BCUT2D eigenvalue weighted by atomic mass is 35.5. The summed E-state index contributed by atoms with van der Waals surface area (Å²) in [7, 11) is 0. The van der Waals surface area contributed by atoms with Gasteiger partial charge >= 0.3 is 0 Å². The van der Waals surface area contributed by atoms with Gasteiger partial charge in [0.2, 0.25) is 0 Å². The molecule has 0 saturated heterocycles. The fraction of sp³-hybridized carbons (Fsp3) is 0.286. The van der Waals surface area contributed by atoms with Crippen LogP contribution in [-0.2, 0) is 6.54 Å². The standard InChI is InChI=1S/C14H16FN3OS.ClH/c1-8-3-4-10(5-11(8)15)9(2)17-14(19)12-7-20-13(6-16)18-12;/h3-5,7,9H,6,16H2,1-2H3,(H,17,19);1H. The molecule has 1 heterocycles. The summed E-state index contributed by atoms with van der Waals surface area (Å²) < 4.78 is 13.5. The maximum absolute atomic E-state index is 13.5. The van der Waals surface area contributed by atoms with Crippen LogP contribution in [0.2, 0.25) is 0 Å². The molecule has 4 nitrogen and oxygen atoms in total. The molecule has 0 radical (unpaired) electrons. The van der Waals surface area contributed by atoms with Gasteiger partial charge in [0.1, 0.15) is 16.5 Å². The minimum Gasteiger partial charge on any atom is -0.344 e. The average Bonchev–Trinajstić information content (AvgIpc) is 2.90. The molecule has 1 amide bonds. The molecular weight excluding hydrogens is 313 g/mol. The van der Waals surface area contributed by atoms with E-state index >= 15 is 0 Å². The summed E-state index contributed by atoms with van der Waals surface area (Å²) in [4.78, 5) is 16.1. The van der Waals surface area contributed by atoms with Crippen LogP contribution < -0.4 is 11.1 Å². The van der Waals surface area contributed by atoms with E-state index in [2.05, 4.69) is 10.3 Å². The van der Waals surface area contributed by atoms with Crippen LogP contribution in [0.1, 0.15) is 39.6 Å². The summed E-state index contributed by atoms with van der Waals surface area (Å²) in [5.41, 5.74) is 7.10. The molecule has 1 atom stereocenters. The molecule has 3 N–H and O–H groups in total. The molecule has 2 aromatic rings. The molecule has 0 aliphatic rings. The van der Waals surface area contributed by atoms with Gasteiger partial charge in [0, 0.05) is 11.9 Å². The molecule has 0 spiro atoms. The highest BCUT2D eigenvalue weighted by molar-refractivity contribution is 7.09. The average molecular weight is 330 g/mol. The molecule has 0 bridgehead atoms. The Morgan fingerprint density at radius 2 is 2.24 bits per heavy atom. The van der Waals surface area contributed by atoms with Crippen LogP contribution in [0.3, 0.4) is 0 Å². The molecule has 7 heteroatoms. The summed E-state index contributed by atoms with van der Waals surface area (Å²) in [6, 6.07) is 4.64. The summed E-state index contributed by atoms with van der Waals surface area (Å²) in [5.74, 6) is -0.558. The number of amides is 1. The van der Waals surface area contributed by atoms with Crippen molar-refractivity contribution in [3.8, 4) is 0 Å². The molecule has 2 rings (SSSR count). The number of aryl methyl sites for hydroxylation is 1. The zero-order valence-corrected chi connectivity index (χ0v) is 13.4. The van der Waals surface area contributed by atoms with Crippen LogP contribution >= 0.6 is 23.7 Å². The second-order valence-corrected chi connectivity index (χ2v) is 5.48. The second-order valence-electron chi connectivity index (χ2n) is 4.53. The number of benzene rings is 1. The van der Waals surface area contributed by atoms with Crippen molar-refractivity contribution < 1.29 is 9.18 Å². The molecule has 0 aliphatic heterocycles. The summed E-state index contributed by atoms with van der Waals surface area (Å²) >= 11 is 1.35. The Labute approximate surface area is 133 Å². The zero-order valence-electron chi connectivity index (χ0n) is 11.7. The van der Waals surface area contributed by atoms with Crippen LogP contribution in [0.25, 0.3) is 0 Å². The lowest BCUT2D eigenvalue weighted by molar-refractivity contribution is 0.0935. The van der Waals surface area contributed by atoms with E-state index in [1.807, 2.05) is 0 Å². The van der Waals surface area contributed by atoms with Crippen molar-refractivity contribution in [3.63, 3.8) is 0 Å². The number of carbonyl (C=O) groups is 1. The van der Waals surface area contributed by atoms with Gasteiger partial charge in [-0.2, -0.15) is 0 Å². The molecule has 1 aromatic heterocycles. The lowest BCUT2D eigenvalue weighted by Gasteiger charge is -2.14. The van der Waals surface area contributed by atoms with Crippen molar-refractivity contribution in [1.82, 2.24) is 10.3 Å². The van der Waals surface area contributed by atoms with Crippen molar-refractivity contribution in [3.05, 3.63) is 51.2 Å². The summed E-state index contributed by atoms with van der Waals surface area (Å²) in [6.45, 7) is 3.82. The first-order chi connectivity index (χ1) is 9.51. The van der Waals surface area contributed by atoms with Gasteiger partial charge in [0.05, 0.1) is 6.04 Å². The minimum atomic E-state index is -0.291. The minimum absolute atomic E-state index is 0. The smallest absolute Gasteiger partial charge is 0.271 e. The number of aromatic nitrogens is 1. The fourth-order valence-corrected chi connectivity index (χ4v) is 2.40. The van der Waals surface area contributed by atoms with Crippen LogP contribution in [0, 0.1) is 12.7 Å². The maximum atomic E-state index is 13.5. The lowest BCUT2D eigenvalue weighted by atomic mass is 10.1. The molecule has 1 unspecified atom stereocenters. The molecule has 1 aromatic carbocycles. The Bertz CT molecular complexity index is 632. The first-order valence-electron chi connectivity index (χ1n) is 6.22. The van der Waals surface area contributed by atoms with Gasteiger partial charge in [-0.05, 0) is 31.0 Å². The van der Waals surface area contributed by atoms with E-state index in [1.165, 1.54) is 17.4 Å². The van der Waals surface area contributed by atoms with Crippen molar-refractivity contribution in [1.29, 1.82) is 0 Å². The largest absolute Gasteiger partial charge is 0.344 e. The highest BCUT2D eigenvalue weighted by Gasteiger charge is 2.15. The van der Waals surface area contributed by atoms with Gasteiger partial charge < -0.3 is 11.1 Å². The first kappa shape index (κ1) is 17.6. The number of nitrogens with zero attached hydrogens (tertiary/aromatic N) is 1. The van der Waals surface area contributed by atoms with Crippen LogP contribution in [0.4, 0.5) is 4.39 Å². The Morgan fingerprint density at radius 3 is 2.81 bits per heavy atom. The highest BCUT2D eigenvalue weighted by Crippen LogP contribution is 2.17. The van der Waals surface area contributed by atoms with Gasteiger partial charge in [0.25, 0.3) is 5.91 Å². The lowest BCUT2D eigenvalue weighted by Crippen LogP contribution is -2.27. The number of halogens is 2. The Kier molecular flexibility index (Phi) is 6.26. The monoisotopic (exact) mass is 329 g/mol. The topological polar surface area (TPSA) is 68.0 Å². The molecule has 0 fully saturated rings. The first-order valence-corrected chi connectivity index (χ1v) is 7.10.